The first kappa shape index (κ1) is 40.4. The minimum absolute atomic E-state index is 0. The molecule has 0 atom stereocenters. The summed E-state index contributed by atoms with van der Waals surface area (Å²) >= 11 is 0. The van der Waals surface area contributed by atoms with Crippen LogP contribution in [0.4, 0.5) is 0 Å². The van der Waals surface area contributed by atoms with E-state index in [1.54, 1.807) is 0 Å². The van der Waals surface area contributed by atoms with E-state index in [1.807, 2.05) is 12.1 Å². The van der Waals surface area contributed by atoms with E-state index in [-0.39, 0.29) is 55.1 Å². The summed E-state index contributed by atoms with van der Waals surface area (Å²) in [5.41, 5.74) is 2.55. The largest absolute Gasteiger partial charge is 0.412 e. The Morgan fingerprint density at radius 1 is 0.568 bits per heavy atom. The molecule has 2 heterocycles. The highest BCUT2D eigenvalue weighted by Crippen LogP contribution is 2.04. The van der Waals surface area contributed by atoms with Crippen molar-refractivity contribution in [2.24, 2.45) is 0 Å². The van der Waals surface area contributed by atoms with Gasteiger partial charge in [-0.1, -0.05) is 85.0 Å². The average molecular weight is 597 g/mol. The predicted octanol–water partition coefficient (Wildman–Crippen LogP) is 4.95. The standard InChI is InChI=1S/2C14H20N2.4ClH.H2O/c2*1-2-5-13(6-3-1)7-4-10-16-14-8-11-15-12-9-14;;;;;/h2*1-7,14-16H,8-12H2;4*1H;1H2. The topological polar surface area (TPSA) is 79.6 Å². The van der Waals surface area contributed by atoms with Crippen molar-refractivity contribution in [3.63, 3.8) is 0 Å². The fourth-order valence-electron chi connectivity index (χ4n) is 4.04. The molecule has 0 radical (unpaired) electrons. The molecule has 212 valence electrons. The number of hydrogen-bond acceptors (Lipinski definition) is 4. The molecule has 0 unspecified atom stereocenters. The Kier molecular flexibility index (Phi) is 28.9. The third-order valence-electron chi connectivity index (χ3n) is 5.95. The lowest BCUT2D eigenvalue weighted by Gasteiger charge is -2.23. The van der Waals surface area contributed by atoms with Gasteiger partial charge in [0, 0.05) is 25.2 Å². The first-order chi connectivity index (χ1) is 15.9. The number of halogens is 4. The number of rotatable bonds is 8. The summed E-state index contributed by atoms with van der Waals surface area (Å²) in [4.78, 5) is 0. The zero-order chi connectivity index (χ0) is 22.1. The molecule has 2 saturated heterocycles. The van der Waals surface area contributed by atoms with Gasteiger partial charge in [0.25, 0.3) is 0 Å². The maximum Gasteiger partial charge on any atom is 0.0140 e. The molecule has 37 heavy (non-hydrogen) atoms. The van der Waals surface area contributed by atoms with Crippen molar-refractivity contribution >= 4 is 61.8 Å². The van der Waals surface area contributed by atoms with Crippen LogP contribution in [0.1, 0.15) is 36.8 Å². The lowest BCUT2D eigenvalue weighted by molar-refractivity contribution is 0.400. The number of nitrogens with one attached hydrogen (secondary N) is 4. The predicted molar refractivity (Wildman–Crippen MR) is 171 cm³/mol. The van der Waals surface area contributed by atoms with Gasteiger partial charge in [0.1, 0.15) is 0 Å². The van der Waals surface area contributed by atoms with Crippen molar-refractivity contribution in [2.45, 2.75) is 37.8 Å². The van der Waals surface area contributed by atoms with Crippen molar-refractivity contribution < 1.29 is 5.48 Å². The van der Waals surface area contributed by atoms with E-state index in [1.165, 1.54) is 36.8 Å². The lowest BCUT2D eigenvalue weighted by atomic mass is 10.1. The van der Waals surface area contributed by atoms with Crippen LogP contribution in [0.5, 0.6) is 0 Å². The monoisotopic (exact) mass is 594 g/mol. The molecular weight excluding hydrogens is 550 g/mol. The van der Waals surface area contributed by atoms with Gasteiger partial charge in [-0.05, 0) is 63.0 Å². The van der Waals surface area contributed by atoms with E-state index < -0.39 is 0 Å². The molecule has 0 amide bonds. The van der Waals surface area contributed by atoms with Crippen molar-refractivity contribution in [3.8, 4) is 0 Å². The summed E-state index contributed by atoms with van der Waals surface area (Å²) in [6, 6.07) is 22.3. The highest BCUT2D eigenvalue weighted by atomic mass is 35.5. The summed E-state index contributed by atoms with van der Waals surface area (Å²) in [6.45, 7) is 6.55. The molecule has 9 heteroatoms. The number of hydrogen-bond donors (Lipinski definition) is 4. The Morgan fingerprint density at radius 2 is 0.892 bits per heavy atom. The van der Waals surface area contributed by atoms with Crippen LogP contribution in [0, 0.1) is 0 Å². The SMILES string of the molecule is C(=Cc1ccccc1)CNC1CCNCC1.C(=Cc1ccccc1)CNC1CCNCC1.Cl.Cl.Cl.Cl.O. The van der Waals surface area contributed by atoms with Crippen LogP contribution in [-0.2, 0) is 0 Å². The van der Waals surface area contributed by atoms with E-state index in [9.17, 15) is 0 Å². The zero-order valence-corrected chi connectivity index (χ0v) is 24.7. The molecule has 0 spiro atoms. The summed E-state index contributed by atoms with van der Waals surface area (Å²) in [7, 11) is 0. The highest BCUT2D eigenvalue weighted by molar-refractivity contribution is 5.86. The van der Waals surface area contributed by atoms with Crippen LogP contribution >= 0.6 is 49.6 Å². The van der Waals surface area contributed by atoms with E-state index in [0.717, 1.165) is 39.3 Å². The first-order valence-corrected chi connectivity index (χ1v) is 12.2. The molecule has 0 bridgehead atoms. The molecule has 0 saturated carbocycles. The van der Waals surface area contributed by atoms with Crippen molar-refractivity contribution in [1.29, 1.82) is 0 Å². The van der Waals surface area contributed by atoms with Crippen LogP contribution in [-0.4, -0.2) is 56.8 Å². The van der Waals surface area contributed by atoms with Crippen LogP contribution in [0.2, 0.25) is 0 Å². The fraction of sp³-hybridized carbons (Fsp3) is 0.429. The smallest absolute Gasteiger partial charge is 0.0140 e. The molecule has 6 N–H and O–H groups in total. The first-order valence-electron chi connectivity index (χ1n) is 12.2. The molecule has 2 aromatic rings. The van der Waals surface area contributed by atoms with Crippen molar-refractivity contribution in [3.05, 3.63) is 83.9 Å². The average Bonchev–Trinajstić information content (AvgIpc) is 2.88. The van der Waals surface area contributed by atoms with Gasteiger partial charge < -0.3 is 26.7 Å². The Bertz CT molecular complexity index is 718. The molecular formula is C28H46Cl4N4O. The maximum absolute atomic E-state index is 3.57. The molecule has 0 aromatic heterocycles. The van der Waals surface area contributed by atoms with Gasteiger partial charge in [0.05, 0.1) is 0 Å². The van der Waals surface area contributed by atoms with Gasteiger partial charge in [-0.3, -0.25) is 0 Å². The molecule has 2 fully saturated rings. The fourth-order valence-corrected chi connectivity index (χ4v) is 4.04. The van der Waals surface area contributed by atoms with Gasteiger partial charge in [-0.2, -0.15) is 0 Å². The third kappa shape index (κ3) is 18.7. The van der Waals surface area contributed by atoms with Crippen LogP contribution in [0.15, 0.2) is 72.8 Å². The van der Waals surface area contributed by atoms with Crippen molar-refractivity contribution in [1.82, 2.24) is 21.3 Å². The normalized spacial score (nSPS) is 15.6. The summed E-state index contributed by atoms with van der Waals surface area (Å²) in [5.74, 6) is 0. The minimum Gasteiger partial charge on any atom is -0.412 e. The van der Waals surface area contributed by atoms with E-state index in [0.29, 0.717) is 12.1 Å². The Hall–Kier alpha value is -1.12. The van der Waals surface area contributed by atoms with Gasteiger partial charge in [0.2, 0.25) is 0 Å². The molecule has 2 aromatic carbocycles. The maximum atomic E-state index is 3.57. The highest BCUT2D eigenvalue weighted by Gasteiger charge is 2.11. The second kappa shape index (κ2) is 26.5. The second-order valence-electron chi connectivity index (χ2n) is 8.49. The second-order valence-corrected chi connectivity index (χ2v) is 8.49. The minimum atomic E-state index is 0. The summed E-state index contributed by atoms with van der Waals surface area (Å²) in [5, 5.41) is 13.9. The molecule has 2 aliphatic heterocycles. The van der Waals surface area contributed by atoms with E-state index >= 15 is 0 Å². The summed E-state index contributed by atoms with van der Waals surface area (Å²) < 4.78 is 0. The van der Waals surface area contributed by atoms with Crippen LogP contribution in [0.3, 0.4) is 0 Å². The van der Waals surface area contributed by atoms with Crippen molar-refractivity contribution in [2.75, 3.05) is 39.3 Å². The van der Waals surface area contributed by atoms with Gasteiger partial charge in [-0.15, -0.1) is 49.6 Å². The third-order valence-corrected chi connectivity index (χ3v) is 5.95. The molecule has 2 aliphatic rings. The van der Waals surface area contributed by atoms with Crippen LogP contribution in [0.25, 0.3) is 12.2 Å². The summed E-state index contributed by atoms with van der Waals surface area (Å²) in [6.07, 6.45) is 13.8. The molecule has 5 nitrogen and oxygen atoms in total. The van der Waals surface area contributed by atoms with Crippen LogP contribution < -0.4 is 21.3 Å². The number of benzene rings is 2. The van der Waals surface area contributed by atoms with Gasteiger partial charge in [-0.25, -0.2) is 0 Å². The van der Waals surface area contributed by atoms with Gasteiger partial charge >= 0.3 is 0 Å². The Labute approximate surface area is 248 Å². The van der Waals surface area contributed by atoms with Gasteiger partial charge in [0.15, 0.2) is 0 Å². The Balaban J connectivity index is -0.000000550. The zero-order valence-electron chi connectivity index (χ0n) is 21.4. The van der Waals surface area contributed by atoms with E-state index in [2.05, 4.69) is 94.1 Å². The quantitative estimate of drug-likeness (QED) is 0.348. The molecule has 0 aliphatic carbocycles. The number of piperidine rings is 2. The molecule has 4 rings (SSSR count). The van der Waals surface area contributed by atoms with E-state index in [4.69, 9.17) is 0 Å². The lowest BCUT2D eigenvalue weighted by Crippen LogP contribution is -2.39. The Morgan fingerprint density at radius 3 is 1.22 bits per heavy atom.